The molecular weight excluding hydrogens is 558 g/mol. The number of anilines is 1. The van der Waals surface area contributed by atoms with Crippen LogP contribution >= 0.6 is 54.8 Å². The van der Waals surface area contributed by atoms with Crippen molar-refractivity contribution in [3.05, 3.63) is 84.2 Å². The van der Waals surface area contributed by atoms with Gasteiger partial charge in [-0.2, -0.15) is 0 Å². The van der Waals surface area contributed by atoms with Gasteiger partial charge in [-0.25, -0.2) is 4.98 Å². The van der Waals surface area contributed by atoms with Gasteiger partial charge in [0, 0.05) is 26.6 Å². The van der Waals surface area contributed by atoms with Crippen molar-refractivity contribution in [3.63, 3.8) is 0 Å². The molecule has 0 spiro atoms. The van der Waals surface area contributed by atoms with E-state index in [0.717, 1.165) is 25.8 Å². The number of carbonyl (C=O) groups excluding carboxylic acids is 1. The third kappa shape index (κ3) is 4.11. The molecule has 0 unspecified atom stereocenters. The molecule has 4 rings (SSSR count). The molecule has 1 N–H and O–H groups in total. The lowest BCUT2D eigenvalue weighted by Gasteiger charge is -2.13. The summed E-state index contributed by atoms with van der Waals surface area (Å²) < 4.78 is 2.44. The number of nitrogens with zero attached hydrogens (tertiary/aromatic N) is 2. The number of nitrogens with one attached hydrogen (secondary N) is 1. The van der Waals surface area contributed by atoms with E-state index in [1.54, 1.807) is 6.07 Å². The van der Waals surface area contributed by atoms with Gasteiger partial charge in [0.05, 0.1) is 31.4 Å². The quantitative estimate of drug-likeness (QED) is 0.207. The Kier molecular flexibility index (Phi) is 5.88. The van der Waals surface area contributed by atoms with E-state index in [-0.39, 0.29) is 16.3 Å². The SMILES string of the molecule is O=C(Nc1c(Br)cc(Br)cc1-c1nc2ccccc2s1)c1cc([N+](=O)[O-])ccc1Cl. The van der Waals surface area contributed by atoms with E-state index in [2.05, 4.69) is 42.2 Å². The van der Waals surface area contributed by atoms with Crippen LogP contribution in [-0.4, -0.2) is 15.8 Å². The predicted molar refractivity (Wildman–Crippen MR) is 127 cm³/mol. The highest BCUT2D eigenvalue weighted by molar-refractivity contribution is 9.11. The number of carbonyl (C=O) groups is 1. The first-order valence-corrected chi connectivity index (χ1v) is 11.2. The number of fused-ring (bicyclic) bond motifs is 1. The number of nitro benzene ring substituents is 1. The third-order valence-electron chi connectivity index (χ3n) is 4.22. The number of hydrogen-bond acceptors (Lipinski definition) is 5. The summed E-state index contributed by atoms with van der Waals surface area (Å²) >= 11 is 14.6. The lowest BCUT2D eigenvalue weighted by Crippen LogP contribution is -2.14. The van der Waals surface area contributed by atoms with Crippen molar-refractivity contribution in [2.24, 2.45) is 0 Å². The molecule has 0 aliphatic rings. The first kappa shape index (κ1) is 20.9. The van der Waals surface area contributed by atoms with Crippen LogP contribution in [0.5, 0.6) is 0 Å². The number of halogens is 3. The predicted octanol–water partition coefficient (Wildman–Crippen LogP) is 7.30. The van der Waals surface area contributed by atoms with Crippen LogP contribution in [0.25, 0.3) is 20.8 Å². The summed E-state index contributed by atoms with van der Waals surface area (Å²) in [5.41, 5.74) is 1.84. The number of thiazole rings is 1. The monoisotopic (exact) mass is 565 g/mol. The summed E-state index contributed by atoms with van der Waals surface area (Å²) in [6, 6.07) is 15.1. The molecule has 0 radical (unpaired) electrons. The van der Waals surface area contributed by atoms with Crippen molar-refractivity contribution in [2.45, 2.75) is 0 Å². The molecule has 4 aromatic rings. The van der Waals surface area contributed by atoms with Crippen molar-refractivity contribution in [1.29, 1.82) is 0 Å². The molecule has 1 aromatic heterocycles. The molecule has 1 amide bonds. The van der Waals surface area contributed by atoms with Gasteiger partial charge in [0.1, 0.15) is 5.01 Å². The zero-order valence-electron chi connectivity index (χ0n) is 14.9. The minimum absolute atomic E-state index is 0.0101. The van der Waals surface area contributed by atoms with E-state index in [0.29, 0.717) is 15.7 Å². The van der Waals surface area contributed by atoms with Gasteiger partial charge < -0.3 is 5.32 Å². The Bertz CT molecular complexity index is 1290. The van der Waals surface area contributed by atoms with E-state index in [9.17, 15) is 14.9 Å². The molecule has 3 aromatic carbocycles. The molecule has 30 heavy (non-hydrogen) atoms. The Balaban J connectivity index is 1.79. The van der Waals surface area contributed by atoms with Gasteiger partial charge in [-0.05, 0) is 46.3 Å². The molecular formula is C20H10Br2ClN3O3S. The van der Waals surface area contributed by atoms with Crippen LogP contribution in [0, 0.1) is 10.1 Å². The van der Waals surface area contributed by atoms with Crippen molar-refractivity contribution in [1.82, 2.24) is 4.98 Å². The van der Waals surface area contributed by atoms with Crippen molar-refractivity contribution in [3.8, 4) is 10.6 Å². The number of hydrogen-bond donors (Lipinski definition) is 1. The minimum Gasteiger partial charge on any atom is -0.320 e. The second kappa shape index (κ2) is 8.43. The van der Waals surface area contributed by atoms with Gasteiger partial charge in [0.15, 0.2) is 0 Å². The molecule has 0 aliphatic carbocycles. The van der Waals surface area contributed by atoms with E-state index in [1.807, 2.05) is 30.3 Å². The van der Waals surface area contributed by atoms with Crippen LogP contribution in [0.4, 0.5) is 11.4 Å². The highest BCUT2D eigenvalue weighted by Crippen LogP contribution is 2.41. The molecule has 10 heteroatoms. The molecule has 0 fully saturated rings. The number of aromatic nitrogens is 1. The van der Waals surface area contributed by atoms with Crippen LogP contribution < -0.4 is 5.32 Å². The maximum absolute atomic E-state index is 12.9. The maximum atomic E-state index is 12.9. The zero-order chi connectivity index (χ0) is 21.4. The molecule has 0 bridgehead atoms. The second-order valence-corrected chi connectivity index (χ2v) is 9.38. The summed E-state index contributed by atoms with van der Waals surface area (Å²) in [5, 5.41) is 14.7. The minimum atomic E-state index is -0.574. The van der Waals surface area contributed by atoms with Crippen LogP contribution in [-0.2, 0) is 0 Å². The standard InChI is InChI=1S/C20H10Br2ClN3O3S/c21-10-7-13(20-24-16-3-1-2-4-17(16)30-20)18(14(22)8-10)25-19(27)12-9-11(26(28)29)5-6-15(12)23/h1-9H,(H,25,27). The van der Waals surface area contributed by atoms with E-state index >= 15 is 0 Å². The summed E-state index contributed by atoms with van der Waals surface area (Å²) in [4.78, 5) is 28.1. The molecule has 0 saturated carbocycles. The number of nitro groups is 1. The van der Waals surface area contributed by atoms with Crippen molar-refractivity contribution in [2.75, 3.05) is 5.32 Å². The van der Waals surface area contributed by atoms with Crippen molar-refractivity contribution < 1.29 is 9.72 Å². The molecule has 150 valence electrons. The first-order valence-electron chi connectivity index (χ1n) is 8.44. The summed E-state index contributed by atoms with van der Waals surface area (Å²) in [6.07, 6.45) is 0. The third-order valence-corrected chi connectivity index (χ3v) is 6.71. The van der Waals surface area contributed by atoms with Gasteiger partial charge >= 0.3 is 0 Å². The number of benzene rings is 3. The summed E-state index contributed by atoms with van der Waals surface area (Å²) in [7, 11) is 0. The fraction of sp³-hybridized carbons (Fsp3) is 0. The fourth-order valence-electron chi connectivity index (χ4n) is 2.84. The average Bonchev–Trinajstić information content (AvgIpc) is 3.14. The van der Waals surface area contributed by atoms with E-state index in [1.165, 1.54) is 23.5 Å². The summed E-state index contributed by atoms with van der Waals surface area (Å²) in [6.45, 7) is 0. The van der Waals surface area contributed by atoms with Crippen LogP contribution in [0.1, 0.15) is 10.4 Å². The molecule has 1 heterocycles. The Morgan fingerprint density at radius 1 is 1.13 bits per heavy atom. The van der Waals surface area contributed by atoms with Crippen LogP contribution in [0.2, 0.25) is 5.02 Å². The van der Waals surface area contributed by atoms with Gasteiger partial charge in [0.2, 0.25) is 0 Å². The Morgan fingerprint density at radius 3 is 2.63 bits per heavy atom. The van der Waals surface area contributed by atoms with E-state index in [4.69, 9.17) is 11.6 Å². The average molecular weight is 568 g/mol. The van der Waals surface area contributed by atoms with Gasteiger partial charge in [0.25, 0.3) is 11.6 Å². The highest BCUT2D eigenvalue weighted by Gasteiger charge is 2.20. The largest absolute Gasteiger partial charge is 0.320 e. The number of non-ortho nitro benzene ring substituents is 1. The Morgan fingerprint density at radius 2 is 1.90 bits per heavy atom. The van der Waals surface area contributed by atoms with Crippen LogP contribution in [0.15, 0.2) is 63.5 Å². The molecule has 6 nitrogen and oxygen atoms in total. The van der Waals surface area contributed by atoms with Gasteiger partial charge in [-0.15, -0.1) is 11.3 Å². The fourth-order valence-corrected chi connectivity index (χ4v) is 5.35. The molecule has 0 atom stereocenters. The zero-order valence-corrected chi connectivity index (χ0v) is 19.6. The topological polar surface area (TPSA) is 85.1 Å². The molecule has 0 saturated heterocycles. The summed E-state index contributed by atoms with van der Waals surface area (Å²) in [5.74, 6) is -0.561. The smallest absolute Gasteiger partial charge is 0.270 e. The number of amides is 1. The number of para-hydroxylation sites is 1. The van der Waals surface area contributed by atoms with Crippen LogP contribution in [0.3, 0.4) is 0 Å². The molecule has 0 aliphatic heterocycles. The van der Waals surface area contributed by atoms with Gasteiger partial charge in [-0.1, -0.05) is 39.7 Å². The Labute approximate surface area is 196 Å². The highest BCUT2D eigenvalue weighted by atomic mass is 79.9. The van der Waals surface area contributed by atoms with Gasteiger partial charge in [-0.3, -0.25) is 14.9 Å². The van der Waals surface area contributed by atoms with Crippen molar-refractivity contribution >= 4 is 82.3 Å². The maximum Gasteiger partial charge on any atom is 0.270 e. The normalized spacial score (nSPS) is 10.9. The second-order valence-electron chi connectivity index (χ2n) is 6.17. The number of rotatable bonds is 4. The lowest BCUT2D eigenvalue weighted by atomic mass is 10.1. The van der Waals surface area contributed by atoms with E-state index < -0.39 is 10.8 Å². The Hall–Kier alpha value is -2.33. The first-order chi connectivity index (χ1) is 14.3. The lowest BCUT2D eigenvalue weighted by molar-refractivity contribution is -0.384.